The molecule has 0 spiro atoms. The second kappa shape index (κ2) is 9.90. The summed E-state index contributed by atoms with van der Waals surface area (Å²) in [5, 5.41) is 6.63. The largest absolute Gasteiger partial charge is 0.382 e. The normalized spacial score (nSPS) is 11.7. The molecule has 4 N–H and O–H groups in total. The monoisotopic (exact) mass is 294 g/mol. The average Bonchev–Trinajstić information content (AvgIpc) is 2.51. The summed E-state index contributed by atoms with van der Waals surface area (Å²) in [6.45, 7) is 4.07. The highest BCUT2D eigenvalue weighted by molar-refractivity contribution is 5.96. The van der Waals surface area contributed by atoms with Gasteiger partial charge in [-0.1, -0.05) is 30.3 Å². The molecule has 0 fully saturated rings. The summed E-state index contributed by atoms with van der Waals surface area (Å²) in [4.78, 5) is 23.5. The standard InChI is InChI=1S/C15H23N3O3/c1-3-21-11-7-10-17-13(12-8-5-4-6-9-12)14(19)18-15(20)16-2/h4-6,8-9,13,17H,3,7,10-11H2,1-2H3,(H2,16,18,19,20)/p+1/t13-/m1/s1. The summed E-state index contributed by atoms with van der Waals surface area (Å²) in [6, 6.07) is 8.48. The predicted molar refractivity (Wildman–Crippen MR) is 79.7 cm³/mol. The van der Waals surface area contributed by atoms with Crippen molar-refractivity contribution in [3.05, 3.63) is 35.9 Å². The number of benzene rings is 1. The SMILES string of the molecule is CCOCCC[NH2+][C@@H](C(=O)NC(=O)NC)c1ccccc1. The maximum Gasteiger partial charge on any atom is 0.321 e. The average molecular weight is 294 g/mol. The molecule has 1 rings (SSSR count). The van der Waals surface area contributed by atoms with Crippen LogP contribution < -0.4 is 16.0 Å². The highest BCUT2D eigenvalue weighted by Gasteiger charge is 2.24. The molecular formula is C15H24N3O3+. The van der Waals surface area contributed by atoms with Gasteiger partial charge in [0, 0.05) is 25.6 Å². The van der Waals surface area contributed by atoms with Crippen LogP contribution in [0.4, 0.5) is 4.79 Å². The third kappa shape index (κ3) is 6.37. The first-order valence-electron chi connectivity index (χ1n) is 7.17. The number of carbonyl (C=O) groups excluding carboxylic acids is 2. The van der Waals surface area contributed by atoms with E-state index >= 15 is 0 Å². The Morgan fingerprint density at radius 1 is 1.29 bits per heavy atom. The number of rotatable bonds is 8. The second-order valence-corrected chi connectivity index (χ2v) is 4.53. The Bertz CT molecular complexity index is 437. The van der Waals surface area contributed by atoms with Gasteiger partial charge in [0.2, 0.25) is 0 Å². The third-order valence-corrected chi connectivity index (χ3v) is 3.00. The summed E-state index contributed by atoms with van der Waals surface area (Å²) in [5.74, 6) is -0.322. The van der Waals surface area contributed by atoms with Crippen molar-refractivity contribution < 1.29 is 19.6 Å². The first-order valence-corrected chi connectivity index (χ1v) is 7.17. The lowest BCUT2D eigenvalue weighted by Gasteiger charge is -2.15. The van der Waals surface area contributed by atoms with E-state index in [2.05, 4.69) is 10.6 Å². The second-order valence-electron chi connectivity index (χ2n) is 4.53. The zero-order valence-corrected chi connectivity index (χ0v) is 12.6. The number of hydrogen-bond donors (Lipinski definition) is 3. The van der Waals surface area contributed by atoms with Gasteiger partial charge >= 0.3 is 6.03 Å². The Morgan fingerprint density at radius 2 is 2.00 bits per heavy atom. The number of imide groups is 1. The molecule has 0 aliphatic carbocycles. The van der Waals surface area contributed by atoms with Gasteiger partial charge in [-0.05, 0) is 6.92 Å². The van der Waals surface area contributed by atoms with E-state index in [0.29, 0.717) is 13.2 Å². The van der Waals surface area contributed by atoms with Gasteiger partial charge in [0.1, 0.15) is 0 Å². The molecule has 21 heavy (non-hydrogen) atoms. The number of urea groups is 1. The molecule has 0 saturated heterocycles. The third-order valence-electron chi connectivity index (χ3n) is 3.00. The molecule has 0 bridgehead atoms. The van der Waals surface area contributed by atoms with E-state index in [9.17, 15) is 9.59 Å². The van der Waals surface area contributed by atoms with E-state index in [1.54, 1.807) is 0 Å². The number of hydrogen-bond acceptors (Lipinski definition) is 3. The number of quaternary nitrogens is 1. The summed E-state index contributed by atoms with van der Waals surface area (Å²) < 4.78 is 5.28. The van der Waals surface area contributed by atoms with Crippen LogP contribution >= 0.6 is 0 Å². The Labute approximate surface area is 125 Å². The molecule has 0 saturated carbocycles. The van der Waals surface area contributed by atoms with Crippen LogP contribution in [-0.2, 0) is 9.53 Å². The van der Waals surface area contributed by atoms with Gasteiger partial charge < -0.3 is 15.4 Å². The topological polar surface area (TPSA) is 84.0 Å². The lowest BCUT2D eigenvalue weighted by molar-refractivity contribution is -0.683. The van der Waals surface area contributed by atoms with Crippen LogP contribution in [0.1, 0.15) is 24.9 Å². The fourth-order valence-electron chi connectivity index (χ4n) is 1.92. The van der Waals surface area contributed by atoms with Crippen molar-refractivity contribution in [3.63, 3.8) is 0 Å². The zero-order valence-electron chi connectivity index (χ0n) is 12.6. The zero-order chi connectivity index (χ0) is 15.5. The Kier molecular flexibility index (Phi) is 8.08. The molecule has 0 aliphatic heterocycles. The van der Waals surface area contributed by atoms with E-state index < -0.39 is 12.1 Å². The number of amides is 3. The Hall–Kier alpha value is -1.92. The minimum Gasteiger partial charge on any atom is -0.382 e. The number of nitrogens with two attached hydrogens (primary N) is 1. The maximum atomic E-state index is 12.2. The Balaban J connectivity index is 2.62. The molecule has 1 aromatic rings. The summed E-state index contributed by atoms with van der Waals surface area (Å²) in [7, 11) is 1.48. The van der Waals surface area contributed by atoms with Crippen molar-refractivity contribution in [1.29, 1.82) is 0 Å². The van der Waals surface area contributed by atoms with Crippen LogP contribution in [0.25, 0.3) is 0 Å². The summed E-state index contributed by atoms with van der Waals surface area (Å²) in [6.07, 6.45) is 0.852. The highest BCUT2D eigenvalue weighted by Crippen LogP contribution is 2.08. The molecule has 0 aliphatic rings. The number of nitrogens with one attached hydrogen (secondary N) is 2. The van der Waals surface area contributed by atoms with Crippen LogP contribution in [0.5, 0.6) is 0 Å². The van der Waals surface area contributed by atoms with E-state index in [1.165, 1.54) is 7.05 Å². The minimum atomic E-state index is -0.497. The lowest BCUT2D eigenvalue weighted by Crippen LogP contribution is -2.88. The molecule has 1 atom stereocenters. The molecular weight excluding hydrogens is 270 g/mol. The highest BCUT2D eigenvalue weighted by atomic mass is 16.5. The summed E-state index contributed by atoms with van der Waals surface area (Å²) >= 11 is 0. The van der Waals surface area contributed by atoms with Gasteiger partial charge in [0.15, 0.2) is 6.04 Å². The lowest BCUT2D eigenvalue weighted by atomic mass is 10.1. The quantitative estimate of drug-likeness (QED) is 0.598. The van der Waals surface area contributed by atoms with Crippen molar-refractivity contribution in [2.24, 2.45) is 0 Å². The van der Waals surface area contributed by atoms with Gasteiger partial charge in [0.05, 0.1) is 13.2 Å². The minimum absolute atomic E-state index is 0.322. The van der Waals surface area contributed by atoms with Crippen LogP contribution in [0.3, 0.4) is 0 Å². The van der Waals surface area contributed by atoms with Crippen molar-refractivity contribution in [2.75, 3.05) is 26.8 Å². The van der Waals surface area contributed by atoms with E-state index in [-0.39, 0.29) is 5.91 Å². The van der Waals surface area contributed by atoms with Crippen molar-refractivity contribution in [2.45, 2.75) is 19.4 Å². The van der Waals surface area contributed by atoms with E-state index in [1.807, 2.05) is 42.6 Å². The van der Waals surface area contributed by atoms with E-state index in [0.717, 1.165) is 18.5 Å². The van der Waals surface area contributed by atoms with Crippen molar-refractivity contribution >= 4 is 11.9 Å². The summed E-state index contributed by atoms with van der Waals surface area (Å²) in [5.41, 5.74) is 0.871. The predicted octanol–water partition coefficient (Wildman–Crippen LogP) is 0.173. The van der Waals surface area contributed by atoms with Crippen LogP contribution in [0.2, 0.25) is 0 Å². The van der Waals surface area contributed by atoms with Gasteiger partial charge in [0.25, 0.3) is 5.91 Å². The molecule has 6 heteroatoms. The van der Waals surface area contributed by atoms with Crippen LogP contribution in [-0.4, -0.2) is 38.7 Å². The van der Waals surface area contributed by atoms with Gasteiger partial charge in [-0.2, -0.15) is 0 Å². The molecule has 0 heterocycles. The molecule has 0 radical (unpaired) electrons. The fourth-order valence-corrected chi connectivity index (χ4v) is 1.92. The van der Waals surface area contributed by atoms with Gasteiger partial charge in [-0.25, -0.2) is 4.79 Å². The molecule has 1 aromatic carbocycles. The molecule has 6 nitrogen and oxygen atoms in total. The van der Waals surface area contributed by atoms with Crippen LogP contribution in [0.15, 0.2) is 30.3 Å². The number of carbonyl (C=O) groups is 2. The van der Waals surface area contributed by atoms with Crippen molar-refractivity contribution in [3.8, 4) is 0 Å². The van der Waals surface area contributed by atoms with E-state index in [4.69, 9.17) is 4.74 Å². The molecule has 3 amide bonds. The molecule has 116 valence electrons. The van der Waals surface area contributed by atoms with Gasteiger partial charge in [-0.3, -0.25) is 10.1 Å². The van der Waals surface area contributed by atoms with Crippen LogP contribution in [0, 0.1) is 0 Å². The molecule has 0 aromatic heterocycles. The first kappa shape index (κ1) is 17.1. The smallest absolute Gasteiger partial charge is 0.321 e. The maximum absolute atomic E-state index is 12.2. The van der Waals surface area contributed by atoms with Crippen molar-refractivity contribution in [1.82, 2.24) is 10.6 Å². The van der Waals surface area contributed by atoms with Gasteiger partial charge in [-0.15, -0.1) is 0 Å². The number of ether oxygens (including phenoxy) is 1. The first-order chi connectivity index (χ1) is 10.2. The molecule has 0 unspecified atom stereocenters. The fraction of sp³-hybridized carbons (Fsp3) is 0.467. The Morgan fingerprint density at radius 3 is 2.62 bits per heavy atom.